The van der Waals surface area contributed by atoms with Gasteiger partial charge in [0.25, 0.3) is 0 Å². The number of hydrogen-bond acceptors (Lipinski definition) is 5. The summed E-state index contributed by atoms with van der Waals surface area (Å²) in [6.45, 7) is 3.10. The second kappa shape index (κ2) is 6.55. The van der Waals surface area contributed by atoms with Crippen LogP contribution in [-0.4, -0.2) is 38.9 Å². The van der Waals surface area contributed by atoms with Crippen LogP contribution in [0, 0.1) is 6.92 Å². The first-order chi connectivity index (χ1) is 9.23. The Morgan fingerprint density at radius 1 is 1.45 bits per heavy atom. The van der Waals surface area contributed by atoms with Crippen LogP contribution in [0.5, 0.6) is 0 Å². The number of esters is 1. The van der Waals surface area contributed by atoms with E-state index in [4.69, 9.17) is 5.73 Å². The summed E-state index contributed by atoms with van der Waals surface area (Å²) in [5.41, 5.74) is 6.61. The number of nitrogens with zero attached hydrogens (tertiary/aromatic N) is 1. The number of sulfonamides is 1. The highest BCUT2D eigenvalue weighted by Crippen LogP contribution is 2.28. The lowest BCUT2D eigenvalue weighted by Gasteiger charge is -2.21. The molecule has 8 heteroatoms. The molecule has 0 heterocycles. The summed E-state index contributed by atoms with van der Waals surface area (Å²) in [5.74, 6) is -0.615. The molecule has 0 spiro atoms. The lowest BCUT2D eigenvalue weighted by molar-refractivity contribution is -0.140. The van der Waals surface area contributed by atoms with Gasteiger partial charge in [-0.15, -0.1) is 0 Å². The zero-order valence-electron chi connectivity index (χ0n) is 11.5. The van der Waals surface area contributed by atoms with Crippen molar-refractivity contribution in [2.75, 3.05) is 25.9 Å². The van der Waals surface area contributed by atoms with Gasteiger partial charge in [-0.3, -0.25) is 4.79 Å². The van der Waals surface area contributed by atoms with Gasteiger partial charge >= 0.3 is 5.97 Å². The Bertz CT molecular complexity index is 616. The highest BCUT2D eigenvalue weighted by atomic mass is 79.9. The van der Waals surface area contributed by atoms with Crippen LogP contribution in [0.2, 0.25) is 0 Å². The summed E-state index contributed by atoms with van der Waals surface area (Å²) >= 11 is 3.22. The van der Waals surface area contributed by atoms with Crippen molar-refractivity contribution in [2.45, 2.75) is 18.7 Å². The summed E-state index contributed by atoms with van der Waals surface area (Å²) in [6.07, 6.45) is 0. The van der Waals surface area contributed by atoms with E-state index in [0.29, 0.717) is 15.7 Å². The minimum absolute atomic E-state index is 0.0788. The molecule has 1 aromatic carbocycles. The number of nitrogen functional groups attached to an aromatic ring is 1. The SMILES string of the molecule is CCN(CC(=O)OC)S(=O)(=O)c1cc(Br)cc(N)c1C. The van der Waals surface area contributed by atoms with Gasteiger partial charge in [-0.2, -0.15) is 4.31 Å². The van der Waals surface area contributed by atoms with Gasteiger partial charge in [0.2, 0.25) is 10.0 Å². The summed E-state index contributed by atoms with van der Waals surface area (Å²) < 4.78 is 31.3. The highest BCUT2D eigenvalue weighted by Gasteiger charge is 2.28. The maximum Gasteiger partial charge on any atom is 0.321 e. The predicted molar refractivity (Wildman–Crippen MR) is 79.7 cm³/mol. The molecule has 0 aliphatic rings. The van der Waals surface area contributed by atoms with Gasteiger partial charge < -0.3 is 10.5 Å². The monoisotopic (exact) mass is 364 g/mol. The predicted octanol–water partition coefficient (Wildman–Crippen LogP) is 1.52. The molecular formula is C12H17BrN2O4S. The van der Waals surface area contributed by atoms with Crippen LogP contribution in [0.1, 0.15) is 12.5 Å². The van der Waals surface area contributed by atoms with Crippen molar-refractivity contribution in [1.29, 1.82) is 0 Å². The van der Waals surface area contributed by atoms with Crippen LogP contribution in [0.15, 0.2) is 21.5 Å². The van der Waals surface area contributed by atoms with Crippen molar-refractivity contribution in [3.8, 4) is 0 Å². The van der Waals surface area contributed by atoms with E-state index >= 15 is 0 Å². The molecule has 0 bridgehead atoms. The fourth-order valence-electron chi connectivity index (χ4n) is 1.66. The fraction of sp³-hybridized carbons (Fsp3) is 0.417. The Kier molecular flexibility index (Phi) is 5.55. The third kappa shape index (κ3) is 3.50. The van der Waals surface area contributed by atoms with Gasteiger partial charge in [0.1, 0.15) is 6.54 Å². The van der Waals surface area contributed by atoms with E-state index < -0.39 is 16.0 Å². The minimum Gasteiger partial charge on any atom is -0.468 e. The molecule has 0 amide bonds. The number of carbonyl (C=O) groups excluding carboxylic acids is 1. The maximum atomic E-state index is 12.6. The van der Waals surface area contributed by atoms with Crippen LogP contribution >= 0.6 is 15.9 Å². The second-order valence-electron chi connectivity index (χ2n) is 4.13. The van der Waals surface area contributed by atoms with Gasteiger partial charge in [-0.25, -0.2) is 8.42 Å². The van der Waals surface area contributed by atoms with Crippen molar-refractivity contribution >= 4 is 37.6 Å². The molecule has 1 rings (SSSR count). The minimum atomic E-state index is -3.81. The van der Waals surface area contributed by atoms with Crippen molar-refractivity contribution in [3.05, 3.63) is 22.2 Å². The number of halogens is 1. The van der Waals surface area contributed by atoms with E-state index in [2.05, 4.69) is 20.7 Å². The Labute approximate surface area is 127 Å². The summed E-state index contributed by atoms with van der Waals surface area (Å²) in [6, 6.07) is 3.10. The Balaban J connectivity index is 3.31. The largest absolute Gasteiger partial charge is 0.468 e. The van der Waals surface area contributed by atoms with Crippen LogP contribution in [0.3, 0.4) is 0 Å². The third-order valence-electron chi connectivity index (χ3n) is 2.87. The van der Waals surface area contributed by atoms with Crippen LogP contribution in [0.4, 0.5) is 5.69 Å². The molecule has 2 N–H and O–H groups in total. The topological polar surface area (TPSA) is 89.7 Å². The van der Waals surface area contributed by atoms with E-state index in [0.717, 1.165) is 4.31 Å². The number of methoxy groups -OCH3 is 1. The summed E-state index contributed by atoms with van der Waals surface area (Å²) in [4.78, 5) is 11.4. The molecule has 0 aliphatic carbocycles. The van der Waals surface area contributed by atoms with E-state index in [1.807, 2.05) is 0 Å². The fourth-order valence-corrected chi connectivity index (χ4v) is 3.96. The number of carbonyl (C=O) groups is 1. The van der Waals surface area contributed by atoms with E-state index in [1.165, 1.54) is 13.2 Å². The maximum absolute atomic E-state index is 12.6. The second-order valence-corrected chi connectivity index (χ2v) is 6.95. The molecule has 0 aromatic heterocycles. The van der Waals surface area contributed by atoms with Crippen LogP contribution in [-0.2, 0) is 19.6 Å². The molecule has 0 saturated heterocycles. The number of ether oxygens (including phenoxy) is 1. The average molecular weight is 365 g/mol. The molecule has 0 radical (unpaired) electrons. The van der Waals surface area contributed by atoms with Gasteiger partial charge in [0.05, 0.1) is 12.0 Å². The first kappa shape index (κ1) is 16.9. The molecule has 0 fully saturated rings. The van der Waals surface area contributed by atoms with Gasteiger partial charge in [0, 0.05) is 16.7 Å². The molecule has 112 valence electrons. The van der Waals surface area contributed by atoms with Crippen molar-refractivity contribution in [1.82, 2.24) is 4.31 Å². The molecule has 0 atom stereocenters. The Morgan fingerprint density at radius 3 is 2.55 bits per heavy atom. The highest BCUT2D eigenvalue weighted by molar-refractivity contribution is 9.10. The first-order valence-electron chi connectivity index (χ1n) is 5.86. The molecule has 1 aromatic rings. The van der Waals surface area contributed by atoms with Gasteiger partial charge in [0.15, 0.2) is 0 Å². The van der Waals surface area contributed by atoms with Crippen molar-refractivity contribution in [3.63, 3.8) is 0 Å². The number of hydrogen-bond donors (Lipinski definition) is 1. The molecule has 0 saturated carbocycles. The number of rotatable bonds is 5. The van der Waals surface area contributed by atoms with Crippen molar-refractivity contribution in [2.24, 2.45) is 0 Å². The van der Waals surface area contributed by atoms with Crippen LogP contribution < -0.4 is 5.73 Å². The molecule has 0 unspecified atom stereocenters. The zero-order valence-corrected chi connectivity index (χ0v) is 13.9. The number of anilines is 1. The number of likely N-dealkylation sites (N-methyl/N-ethyl adjacent to an activating group) is 1. The van der Waals surface area contributed by atoms with Gasteiger partial charge in [-0.1, -0.05) is 22.9 Å². The van der Waals surface area contributed by atoms with Crippen LogP contribution in [0.25, 0.3) is 0 Å². The van der Waals surface area contributed by atoms with Crippen molar-refractivity contribution < 1.29 is 17.9 Å². The lowest BCUT2D eigenvalue weighted by atomic mass is 10.2. The van der Waals surface area contributed by atoms with E-state index in [-0.39, 0.29) is 18.0 Å². The number of nitrogens with two attached hydrogens (primary N) is 1. The molecule has 20 heavy (non-hydrogen) atoms. The van der Waals surface area contributed by atoms with Gasteiger partial charge in [-0.05, 0) is 24.6 Å². The van der Waals surface area contributed by atoms with E-state index in [9.17, 15) is 13.2 Å². The molecule has 0 aliphatic heterocycles. The quantitative estimate of drug-likeness (QED) is 0.631. The third-order valence-corrected chi connectivity index (χ3v) is 5.37. The average Bonchev–Trinajstić information content (AvgIpc) is 2.39. The Hall–Kier alpha value is -1.12. The summed E-state index contributed by atoms with van der Waals surface area (Å²) in [7, 11) is -2.60. The first-order valence-corrected chi connectivity index (χ1v) is 8.10. The standard InChI is InChI=1S/C12H17BrN2O4S/c1-4-15(7-12(16)19-3)20(17,18)11-6-9(13)5-10(14)8(11)2/h5-6H,4,7,14H2,1-3H3. The Morgan fingerprint density at radius 2 is 2.05 bits per heavy atom. The lowest BCUT2D eigenvalue weighted by Crippen LogP contribution is -2.36. The molecular weight excluding hydrogens is 348 g/mol. The normalized spacial score (nSPS) is 11.7. The smallest absolute Gasteiger partial charge is 0.321 e. The summed E-state index contributed by atoms with van der Waals surface area (Å²) in [5, 5.41) is 0. The number of benzene rings is 1. The van der Waals surface area contributed by atoms with E-state index in [1.54, 1.807) is 19.9 Å². The molecule has 6 nitrogen and oxygen atoms in total. The zero-order chi connectivity index (χ0) is 15.5.